The lowest BCUT2D eigenvalue weighted by atomic mass is 9.78. The molecule has 2 aliphatic heterocycles. The van der Waals surface area contributed by atoms with Crippen LogP contribution < -0.4 is 10.2 Å². The minimum absolute atomic E-state index is 0.0291. The molecule has 4 heterocycles. The van der Waals surface area contributed by atoms with Crippen LogP contribution in [0.25, 0.3) is 22.3 Å². The van der Waals surface area contributed by atoms with Crippen LogP contribution in [0.15, 0.2) is 72.6 Å². The number of fused-ring (bicyclic) bond motifs is 9. The van der Waals surface area contributed by atoms with Crippen LogP contribution in [0.5, 0.6) is 11.5 Å². The van der Waals surface area contributed by atoms with E-state index in [0.29, 0.717) is 48.7 Å². The standard InChI is InChI=1S/C38H40F2N6O3S/c1-37(2)22-50-15-13-38(3,24-7-5-6-23(16-24)8-11-33(47)48)36-43-35(45(4)44-36)28-17-26(9-10-30(28)39)49-34-29(21-46-20-25(37)19-42-46)27-12-14-41-32(27)18-31(34)40/h5-7,9-10,12,14,16-18,20,41-42H,8,11,13,15,19,21-22H2,1-4H3,(H,47,48). The predicted molar refractivity (Wildman–Crippen MR) is 191 cm³/mol. The number of hydrazine groups is 1. The summed E-state index contributed by atoms with van der Waals surface area (Å²) in [6, 6.07) is 15.6. The fourth-order valence-electron chi connectivity index (χ4n) is 6.76. The number of nitrogens with zero attached hydrogens (tertiary/aromatic N) is 4. The molecule has 0 aliphatic carbocycles. The van der Waals surface area contributed by atoms with Crippen molar-refractivity contribution in [1.29, 1.82) is 0 Å². The van der Waals surface area contributed by atoms with Crippen LogP contribution in [-0.2, 0) is 30.2 Å². The molecule has 1 unspecified atom stereocenters. The molecule has 6 bridgehead atoms. The number of aryl methyl sites for hydroxylation is 2. The van der Waals surface area contributed by atoms with E-state index in [2.05, 4.69) is 37.4 Å². The lowest BCUT2D eigenvalue weighted by Crippen LogP contribution is -2.29. The Kier molecular flexibility index (Phi) is 8.94. The molecular weight excluding hydrogens is 659 g/mol. The summed E-state index contributed by atoms with van der Waals surface area (Å²) in [5.41, 5.74) is 7.26. The summed E-state index contributed by atoms with van der Waals surface area (Å²) in [5, 5.41) is 17.0. The summed E-state index contributed by atoms with van der Waals surface area (Å²) in [5.74, 6) is 0.925. The average Bonchev–Trinajstić information content (AvgIpc) is 3.85. The molecule has 2 aliphatic rings. The first-order valence-corrected chi connectivity index (χ1v) is 17.8. The maximum Gasteiger partial charge on any atom is 0.303 e. The highest BCUT2D eigenvalue weighted by molar-refractivity contribution is 7.99. The maximum absolute atomic E-state index is 15.8. The van der Waals surface area contributed by atoms with E-state index in [4.69, 9.17) is 14.8 Å². The molecule has 7 rings (SSSR count). The van der Waals surface area contributed by atoms with Crippen LogP contribution in [0, 0.1) is 17.0 Å². The number of hydrogen-bond donors (Lipinski definition) is 3. The van der Waals surface area contributed by atoms with Crippen LogP contribution in [0.3, 0.4) is 0 Å². The number of aromatic nitrogens is 4. The van der Waals surface area contributed by atoms with Gasteiger partial charge in [0.2, 0.25) is 0 Å². The third-order valence-electron chi connectivity index (χ3n) is 9.90. The summed E-state index contributed by atoms with van der Waals surface area (Å²) in [6.07, 6.45) is 5.01. The Morgan fingerprint density at radius 1 is 1.10 bits per heavy atom. The van der Waals surface area contributed by atoms with Gasteiger partial charge in [0.25, 0.3) is 0 Å². The first-order chi connectivity index (χ1) is 23.9. The molecule has 9 nitrogen and oxygen atoms in total. The zero-order valence-electron chi connectivity index (χ0n) is 28.5. The summed E-state index contributed by atoms with van der Waals surface area (Å²) >= 11 is 1.85. The van der Waals surface area contributed by atoms with Crippen molar-refractivity contribution in [3.8, 4) is 22.9 Å². The Labute approximate surface area is 293 Å². The fourth-order valence-corrected chi connectivity index (χ4v) is 8.15. The van der Waals surface area contributed by atoms with Crippen molar-refractivity contribution in [2.24, 2.45) is 12.5 Å². The molecule has 0 saturated heterocycles. The number of aromatic amines is 1. The SMILES string of the molecule is Cn1nc2nc1-c1cc(ccc1F)Oc1c(F)cc3[nH]ccc3c1CN1C=C(CN1)C(C)(C)CSCCC2(C)c1cccc(CCC(=O)O)c1. The number of thioether (sulfide) groups is 1. The highest BCUT2D eigenvalue weighted by Gasteiger charge is 2.36. The van der Waals surface area contributed by atoms with Gasteiger partial charge in [-0.3, -0.25) is 4.79 Å². The molecule has 0 fully saturated rings. The van der Waals surface area contributed by atoms with E-state index in [1.165, 1.54) is 29.8 Å². The Morgan fingerprint density at radius 3 is 2.76 bits per heavy atom. The van der Waals surface area contributed by atoms with Gasteiger partial charge in [0.05, 0.1) is 17.5 Å². The molecular formula is C38H40F2N6O3S. The molecule has 260 valence electrons. The molecule has 0 radical (unpaired) electrons. The second-order valence-electron chi connectivity index (χ2n) is 14.0. The van der Waals surface area contributed by atoms with Crippen LogP contribution in [0.2, 0.25) is 0 Å². The van der Waals surface area contributed by atoms with Gasteiger partial charge in [-0.2, -0.15) is 16.9 Å². The van der Waals surface area contributed by atoms with Crippen molar-refractivity contribution in [1.82, 2.24) is 30.2 Å². The van der Waals surface area contributed by atoms with Crippen LogP contribution in [-0.4, -0.2) is 53.9 Å². The number of hydrogen-bond acceptors (Lipinski definition) is 7. The number of carboxylic acids is 1. The molecule has 12 heteroatoms. The smallest absolute Gasteiger partial charge is 0.303 e. The van der Waals surface area contributed by atoms with Crippen LogP contribution in [0.4, 0.5) is 8.78 Å². The Bertz CT molecular complexity index is 2120. The quantitative estimate of drug-likeness (QED) is 0.175. The molecule has 0 amide bonds. The largest absolute Gasteiger partial charge is 0.481 e. The van der Waals surface area contributed by atoms with Crippen molar-refractivity contribution in [3.63, 3.8) is 0 Å². The van der Waals surface area contributed by atoms with Crippen molar-refractivity contribution in [2.75, 3.05) is 18.1 Å². The van der Waals surface area contributed by atoms with Crippen molar-refractivity contribution in [2.45, 2.75) is 52.0 Å². The van der Waals surface area contributed by atoms with Crippen molar-refractivity contribution in [3.05, 3.63) is 107 Å². The summed E-state index contributed by atoms with van der Waals surface area (Å²) in [7, 11) is 1.73. The van der Waals surface area contributed by atoms with Gasteiger partial charge < -0.3 is 19.8 Å². The summed E-state index contributed by atoms with van der Waals surface area (Å²) < 4.78 is 39.3. The Morgan fingerprint density at radius 2 is 1.94 bits per heavy atom. The number of nitrogens with one attached hydrogen (secondary N) is 2. The lowest BCUT2D eigenvalue weighted by molar-refractivity contribution is -0.136. The van der Waals surface area contributed by atoms with Gasteiger partial charge in [-0.25, -0.2) is 23.9 Å². The van der Waals surface area contributed by atoms with Gasteiger partial charge in [0.15, 0.2) is 23.2 Å². The summed E-state index contributed by atoms with van der Waals surface area (Å²) in [4.78, 5) is 19.4. The third kappa shape index (κ3) is 6.49. The number of aliphatic carboxylic acids is 1. The van der Waals surface area contributed by atoms with Gasteiger partial charge in [-0.1, -0.05) is 38.1 Å². The van der Waals surface area contributed by atoms with E-state index in [-0.39, 0.29) is 28.9 Å². The monoisotopic (exact) mass is 698 g/mol. The second kappa shape index (κ2) is 13.2. The maximum atomic E-state index is 15.8. The molecule has 5 aromatic rings. The first kappa shape index (κ1) is 33.8. The zero-order valence-corrected chi connectivity index (χ0v) is 29.3. The molecule has 0 spiro atoms. The van der Waals surface area contributed by atoms with E-state index < -0.39 is 23.0 Å². The van der Waals surface area contributed by atoms with Gasteiger partial charge in [0.1, 0.15) is 11.6 Å². The number of carbonyl (C=O) groups is 1. The number of carboxylic acid groups (broad SMARTS) is 1. The molecule has 0 saturated carbocycles. The van der Waals surface area contributed by atoms with E-state index in [1.54, 1.807) is 17.9 Å². The minimum atomic E-state index is -0.850. The molecule has 2 aromatic heterocycles. The van der Waals surface area contributed by atoms with E-state index in [1.807, 2.05) is 47.1 Å². The Balaban J connectivity index is 1.35. The Hall–Kier alpha value is -4.68. The van der Waals surface area contributed by atoms with E-state index >= 15 is 8.78 Å². The number of ether oxygens (including phenoxy) is 1. The molecule has 3 N–H and O–H groups in total. The fraction of sp³-hybridized carbons (Fsp3) is 0.342. The number of halogens is 2. The number of rotatable bonds is 4. The van der Waals surface area contributed by atoms with Gasteiger partial charge in [-0.05, 0) is 71.9 Å². The topological polar surface area (TPSA) is 108 Å². The highest BCUT2D eigenvalue weighted by atomic mass is 32.2. The molecule has 1 atom stereocenters. The normalized spacial score (nSPS) is 19.2. The van der Waals surface area contributed by atoms with Gasteiger partial charge in [0, 0.05) is 60.7 Å². The first-order valence-electron chi connectivity index (χ1n) is 16.7. The lowest BCUT2D eigenvalue weighted by Gasteiger charge is -2.29. The highest BCUT2D eigenvalue weighted by Crippen LogP contribution is 2.41. The van der Waals surface area contributed by atoms with Crippen LogP contribution in [0.1, 0.15) is 56.1 Å². The van der Waals surface area contributed by atoms with E-state index in [0.717, 1.165) is 28.0 Å². The average molecular weight is 699 g/mol. The van der Waals surface area contributed by atoms with Crippen LogP contribution >= 0.6 is 11.8 Å². The summed E-state index contributed by atoms with van der Waals surface area (Å²) in [6.45, 7) is 7.57. The zero-order chi connectivity index (χ0) is 35.2. The van der Waals surface area contributed by atoms with E-state index in [9.17, 15) is 9.90 Å². The third-order valence-corrected chi connectivity index (χ3v) is 11.3. The van der Waals surface area contributed by atoms with Crippen molar-refractivity contribution >= 4 is 28.6 Å². The van der Waals surface area contributed by atoms with Gasteiger partial charge in [-0.15, -0.1) is 0 Å². The second-order valence-corrected chi connectivity index (χ2v) is 15.1. The number of benzene rings is 3. The van der Waals surface area contributed by atoms with Gasteiger partial charge >= 0.3 is 5.97 Å². The van der Waals surface area contributed by atoms with Crippen molar-refractivity contribution < 1.29 is 23.4 Å². The number of H-pyrrole nitrogens is 1. The molecule has 50 heavy (non-hydrogen) atoms. The minimum Gasteiger partial charge on any atom is -0.481 e. The molecule has 3 aromatic carbocycles. The predicted octanol–water partition coefficient (Wildman–Crippen LogP) is 7.72.